The highest BCUT2D eigenvalue weighted by molar-refractivity contribution is 5.50. The minimum atomic E-state index is 0.328. The molecule has 0 amide bonds. The number of nitrogens with two attached hydrogens (primary N) is 1. The first kappa shape index (κ1) is 10.2. The van der Waals surface area contributed by atoms with Gasteiger partial charge in [-0.2, -0.15) is 0 Å². The van der Waals surface area contributed by atoms with Crippen molar-refractivity contribution in [2.24, 2.45) is 5.73 Å². The molecule has 0 aromatic carbocycles. The van der Waals surface area contributed by atoms with Gasteiger partial charge in [0.05, 0.1) is 13.3 Å². The van der Waals surface area contributed by atoms with Crippen molar-refractivity contribution in [3.63, 3.8) is 0 Å². The molecule has 0 bridgehead atoms. The fourth-order valence-electron chi connectivity index (χ4n) is 1.80. The van der Waals surface area contributed by atoms with E-state index < -0.39 is 0 Å². The van der Waals surface area contributed by atoms with Crippen LogP contribution in [0.5, 0.6) is 5.75 Å². The van der Waals surface area contributed by atoms with Gasteiger partial charge in [-0.05, 0) is 12.8 Å². The average Bonchev–Trinajstić information content (AvgIpc) is 2.30. The molecule has 1 aliphatic heterocycles. The van der Waals surface area contributed by atoms with E-state index in [0.29, 0.717) is 6.04 Å². The standard InChI is InChI=1S/C10H16N4O/c1-15-9-6-12-7-13-10(9)14-4-2-8(11)3-5-14/h6-8H,2-5,11H2,1H3. The summed E-state index contributed by atoms with van der Waals surface area (Å²) in [4.78, 5) is 10.4. The summed E-state index contributed by atoms with van der Waals surface area (Å²) in [5.41, 5.74) is 5.85. The Morgan fingerprint density at radius 3 is 2.87 bits per heavy atom. The molecule has 1 aliphatic rings. The summed E-state index contributed by atoms with van der Waals surface area (Å²) in [5.74, 6) is 1.60. The molecule has 2 rings (SSSR count). The molecule has 0 spiro atoms. The Balaban J connectivity index is 2.15. The molecule has 0 unspecified atom stereocenters. The maximum absolute atomic E-state index is 5.85. The van der Waals surface area contributed by atoms with Gasteiger partial charge in [0.2, 0.25) is 0 Å². The van der Waals surface area contributed by atoms with Crippen LogP contribution in [0.25, 0.3) is 0 Å². The zero-order chi connectivity index (χ0) is 10.7. The van der Waals surface area contributed by atoms with E-state index in [4.69, 9.17) is 10.5 Å². The van der Waals surface area contributed by atoms with Crippen LogP contribution < -0.4 is 15.4 Å². The molecule has 1 fully saturated rings. The summed E-state index contributed by atoms with van der Waals surface area (Å²) >= 11 is 0. The highest BCUT2D eigenvalue weighted by atomic mass is 16.5. The van der Waals surface area contributed by atoms with Crippen molar-refractivity contribution in [2.75, 3.05) is 25.1 Å². The Hall–Kier alpha value is -1.36. The zero-order valence-corrected chi connectivity index (χ0v) is 8.89. The number of rotatable bonds is 2. The summed E-state index contributed by atoms with van der Waals surface area (Å²) < 4.78 is 5.23. The van der Waals surface area contributed by atoms with Gasteiger partial charge < -0.3 is 15.4 Å². The number of methoxy groups -OCH3 is 1. The molecule has 1 aromatic rings. The Morgan fingerprint density at radius 2 is 2.20 bits per heavy atom. The van der Waals surface area contributed by atoms with Crippen LogP contribution in [0.1, 0.15) is 12.8 Å². The van der Waals surface area contributed by atoms with Crippen molar-refractivity contribution in [2.45, 2.75) is 18.9 Å². The monoisotopic (exact) mass is 208 g/mol. The number of hydrogen-bond donors (Lipinski definition) is 1. The van der Waals surface area contributed by atoms with Gasteiger partial charge in [-0.3, -0.25) is 0 Å². The van der Waals surface area contributed by atoms with Crippen LogP contribution in [0.3, 0.4) is 0 Å². The molecule has 0 saturated carbocycles. The Bertz CT molecular complexity index is 323. The third kappa shape index (κ3) is 2.18. The number of aromatic nitrogens is 2. The van der Waals surface area contributed by atoms with E-state index in [1.807, 2.05) is 0 Å². The van der Waals surface area contributed by atoms with Gasteiger partial charge in [0, 0.05) is 19.1 Å². The van der Waals surface area contributed by atoms with Crippen molar-refractivity contribution in [1.82, 2.24) is 9.97 Å². The Morgan fingerprint density at radius 1 is 1.47 bits per heavy atom. The lowest BCUT2D eigenvalue weighted by Gasteiger charge is -2.31. The van der Waals surface area contributed by atoms with Crippen molar-refractivity contribution >= 4 is 5.82 Å². The minimum Gasteiger partial charge on any atom is -0.491 e. The van der Waals surface area contributed by atoms with Gasteiger partial charge in [-0.1, -0.05) is 0 Å². The average molecular weight is 208 g/mol. The van der Waals surface area contributed by atoms with E-state index in [1.165, 1.54) is 0 Å². The van der Waals surface area contributed by atoms with Crippen LogP contribution in [0.15, 0.2) is 12.5 Å². The SMILES string of the molecule is COc1cncnc1N1CCC(N)CC1. The summed E-state index contributed by atoms with van der Waals surface area (Å²) in [6.45, 7) is 1.88. The van der Waals surface area contributed by atoms with E-state index in [9.17, 15) is 0 Å². The van der Waals surface area contributed by atoms with Crippen molar-refractivity contribution in [3.05, 3.63) is 12.5 Å². The molecule has 1 saturated heterocycles. The number of ether oxygens (including phenoxy) is 1. The maximum Gasteiger partial charge on any atom is 0.179 e. The van der Waals surface area contributed by atoms with E-state index >= 15 is 0 Å². The molecule has 82 valence electrons. The van der Waals surface area contributed by atoms with Crippen LogP contribution in [-0.2, 0) is 0 Å². The van der Waals surface area contributed by atoms with E-state index in [0.717, 1.165) is 37.5 Å². The van der Waals surface area contributed by atoms with Crippen molar-refractivity contribution in [3.8, 4) is 5.75 Å². The zero-order valence-electron chi connectivity index (χ0n) is 8.89. The van der Waals surface area contributed by atoms with Crippen molar-refractivity contribution in [1.29, 1.82) is 0 Å². The molecule has 0 aliphatic carbocycles. The van der Waals surface area contributed by atoms with Gasteiger partial charge in [0.15, 0.2) is 11.6 Å². The topological polar surface area (TPSA) is 64.3 Å². The fraction of sp³-hybridized carbons (Fsp3) is 0.600. The first-order valence-electron chi connectivity index (χ1n) is 5.16. The normalized spacial score (nSPS) is 17.9. The lowest BCUT2D eigenvalue weighted by Crippen LogP contribution is -2.40. The summed E-state index contributed by atoms with van der Waals surface area (Å²) in [7, 11) is 1.64. The number of hydrogen-bond acceptors (Lipinski definition) is 5. The third-order valence-electron chi connectivity index (χ3n) is 2.72. The second kappa shape index (κ2) is 4.44. The molecule has 5 nitrogen and oxygen atoms in total. The van der Waals surface area contributed by atoms with Crippen LogP contribution >= 0.6 is 0 Å². The Labute approximate surface area is 89.3 Å². The number of piperidine rings is 1. The highest BCUT2D eigenvalue weighted by Crippen LogP contribution is 2.26. The van der Waals surface area contributed by atoms with Gasteiger partial charge in [0.1, 0.15) is 6.33 Å². The smallest absolute Gasteiger partial charge is 0.179 e. The van der Waals surface area contributed by atoms with Gasteiger partial charge in [0.25, 0.3) is 0 Å². The predicted molar refractivity (Wildman–Crippen MR) is 58.0 cm³/mol. The molecular weight excluding hydrogens is 192 g/mol. The van der Waals surface area contributed by atoms with Crippen LogP contribution in [0.4, 0.5) is 5.82 Å². The molecule has 5 heteroatoms. The maximum atomic E-state index is 5.85. The van der Waals surface area contributed by atoms with Gasteiger partial charge in [-0.15, -0.1) is 0 Å². The van der Waals surface area contributed by atoms with Crippen LogP contribution in [-0.4, -0.2) is 36.2 Å². The lowest BCUT2D eigenvalue weighted by molar-refractivity contribution is 0.406. The Kier molecular flexibility index (Phi) is 3.01. The van der Waals surface area contributed by atoms with Crippen molar-refractivity contribution < 1.29 is 4.74 Å². The molecular formula is C10H16N4O. The molecule has 1 aromatic heterocycles. The third-order valence-corrected chi connectivity index (χ3v) is 2.72. The molecule has 0 radical (unpaired) electrons. The second-order valence-electron chi connectivity index (χ2n) is 3.74. The van der Waals surface area contributed by atoms with Crippen LogP contribution in [0.2, 0.25) is 0 Å². The quantitative estimate of drug-likeness (QED) is 0.762. The van der Waals surface area contributed by atoms with Gasteiger partial charge in [-0.25, -0.2) is 9.97 Å². The molecule has 2 heterocycles. The first-order chi connectivity index (χ1) is 7.31. The molecule has 15 heavy (non-hydrogen) atoms. The highest BCUT2D eigenvalue weighted by Gasteiger charge is 2.19. The second-order valence-corrected chi connectivity index (χ2v) is 3.74. The predicted octanol–water partition coefficient (Wildman–Crippen LogP) is 0.413. The van der Waals surface area contributed by atoms with E-state index in [2.05, 4.69) is 14.9 Å². The summed E-state index contributed by atoms with van der Waals surface area (Å²) in [6.07, 6.45) is 5.25. The van der Waals surface area contributed by atoms with Crippen LogP contribution in [0, 0.1) is 0 Å². The largest absolute Gasteiger partial charge is 0.491 e. The minimum absolute atomic E-state index is 0.328. The molecule has 2 N–H and O–H groups in total. The van der Waals surface area contributed by atoms with E-state index in [-0.39, 0.29) is 0 Å². The van der Waals surface area contributed by atoms with E-state index in [1.54, 1.807) is 19.6 Å². The summed E-state index contributed by atoms with van der Waals surface area (Å²) in [5, 5.41) is 0. The molecule has 0 atom stereocenters. The summed E-state index contributed by atoms with van der Waals surface area (Å²) in [6, 6.07) is 0.328. The number of anilines is 1. The van der Waals surface area contributed by atoms with Gasteiger partial charge >= 0.3 is 0 Å². The fourth-order valence-corrected chi connectivity index (χ4v) is 1.80. The number of nitrogens with zero attached hydrogens (tertiary/aromatic N) is 3. The lowest BCUT2D eigenvalue weighted by atomic mass is 10.1. The first-order valence-corrected chi connectivity index (χ1v) is 5.16.